The molecule has 0 saturated heterocycles. The molecule has 0 nitrogen and oxygen atoms in total. The van der Waals surface area contributed by atoms with E-state index in [0.29, 0.717) is 0 Å². The highest BCUT2D eigenvalue weighted by Gasteiger charge is 2.52. The van der Waals surface area contributed by atoms with Crippen molar-refractivity contribution in [3.05, 3.63) is 302 Å². The third-order valence-electron chi connectivity index (χ3n) is 18.4. The molecule has 0 fully saturated rings. The van der Waals surface area contributed by atoms with Crippen molar-refractivity contribution in [3.63, 3.8) is 0 Å². The summed E-state index contributed by atoms with van der Waals surface area (Å²) in [7, 11) is -5.85. The van der Waals surface area contributed by atoms with Gasteiger partial charge in [-0.1, -0.05) is 299 Å². The van der Waals surface area contributed by atoms with Gasteiger partial charge in [-0.15, -0.1) is 0 Å². The Balaban J connectivity index is 1.06. The molecule has 0 saturated carbocycles. The van der Waals surface area contributed by atoms with Crippen molar-refractivity contribution in [2.75, 3.05) is 0 Å². The Bertz CT molecular complexity index is 4290. The van der Waals surface area contributed by atoms with Gasteiger partial charge in [0.05, 0.1) is 0 Å². The minimum absolute atomic E-state index is 0.163. The summed E-state index contributed by atoms with van der Waals surface area (Å²) in [6.07, 6.45) is 0. The Morgan fingerprint density at radius 2 is 0.544 bits per heavy atom. The van der Waals surface area contributed by atoms with Crippen molar-refractivity contribution in [2.24, 2.45) is 0 Å². The molecule has 370 valence electrons. The molecule has 2 aliphatic heterocycles. The van der Waals surface area contributed by atoms with Gasteiger partial charge in [-0.2, -0.15) is 0 Å². The molecule has 0 N–H and O–H groups in total. The second kappa shape index (κ2) is 17.4. The quantitative estimate of drug-likeness (QED) is 0.110. The lowest BCUT2D eigenvalue weighted by molar-refractivity contribution is 0.660. The Kier molecular flexibility index (Phi) is 10.1. The summed E-state index contributed by atoms with van der Waals surface area (Å²) in [5.74, 6) is 0. The van der Waals surface area contributed by atoms with Gasteiger partial charge in [-0.3, -0.25) is 0 Å². The van der Waals surface area contributed by atoms with E-state index in [9.17, 15) is 0 Å². The van der Waals surface area contributed by atoms with E-state index in [0.717, 1.165) is 0 Å². The van der Waals surface area contributed by atoms with Crippen LogP contribution in [0.25, 0.3) is 88.3 Å². The van der Waals surface area contributed by atoms with Gasteiger partial charge in [0.15, 0.2) is 16.1 Å². The van der Waals surface area contributed by atoms with E-state index < -0.39 is 16.1 Å². The average Bonchev–Trinajstić information content (AvgIpc) is 4.28. The highest BCUT2D eigenvalue weighted by atomic mass is 28.3. The van der Waals surface area contributed by atoms with Crippen molar-refractivity contribution < 1.29 is 0 Å². The van der Waals surface area contributed by atoms with Crippen molar-refractivity contribution in [2.45, 2.75) is 19.3 Å². The third kappa shape index (κ3) is 6.24. The van der Waals surface area contributed by atoms with Crippen LogP contribution >= 0.6 is 0 Å². The second-order valence-corrected chi connectivity index (χ2v) is 29.8. The predicted molar refractivity (Wildman–Crippen MR) is 341 cm³/mol. The molecule has 0 bridgehead atoms. The fourth-order valence-corrected chi connectivity index (χ4v) is 26.1. The molecular formula is C77H54Si2. The zero-order chi connectivity index (χ0) is 52.5. The van der Waals surface area contributed by atoms with Crippen LogP contribution in [0.5, 0.6) is 0 Å². The summed E-state index contributed by atoms with van der Waals surface area (Å²) >= 11 is 0. The van der Waals surface area contributed by atoms with Gasteiger partial charge in [0.1, 0.15) is 0 Å². The second-order valence-electron chi connectivity index (χ2n) is 22.5. The van der Waals surface area contributed by atoms with Crippen molar-refractivity contribution in [3.8, 4) is 66.8 Å². The van der Waals surface area contributed by atoms with Crippen LogP contribution in [0, 0.1) is 0 Å². The van der Waals surface area contributed by atoms with E-state index in [1.165, 1.54) is 141 Å². The Hall–Kier alpha value is -9.19. The average molecular weight is 1040 g/mol. The Morgan fingerprint density at radius 1 is 0.228 bits per heavy atom. The molecule has 0 aromatic heterocycles. The van der Waals surface area contributed by atoms with Gasteiger partial charge in [0.25, 0.3) is 0 Å². The van der Waals surface area contributed by atoms with Crippen molar-refractivity contribution >= 4 is 79.2 Å². The topological polar surface area (TPSA) is 0 Å². The summed E-state index contributed by atoms with van der Waals surface area (Å²) in [4.78, 5) is 0. The van der Waals surface area contributed by atoms with Crippen LogP contribution in [0.2, 0.25) is 0 Å². The van der Waals surface area contributed by atoms with E-state index >= 15 is 0 Å². The molecule has 13 aromatic rings. The molecule has 3 aliphatic rings. The van der Waals surface area contributed by atoms with Crippen LogP contribution in [-0.4, -0.2) is 16.1 Å². The molecule has 0 spiro atoms. The molecule has 0 unspecified atom stereocenters. The van der Waals surface area contributed by atoms with Crippen molar-refractivity contribution in [1.29, 1.82) is 0 Å². The number of fused-ring (bicyclic) bond motifs is 11. The van der Waals surface area contributed by atoms with E-state index in [2.05, 4.69) is 305 Å². The van der Waals surface area contributed by atoms with Gasteiger partial charge in [0, 0.05) is 5.41 Å². The standard InChI is InChI=1S/C77H54Si2/c1-77(2)69-46-18-15-36-65(69)74-66(45-25-47-70(74)77)73-59-39-21-37-55(61-41-23-43-63-57-34-16-19-48-71(57)78(75(61)63,51-26-7-3-8-27-51)52-28-9-4-10-29-52)67(59)50-68-56(38-22-40-60(68)73)62-42-24-44-64-58-35-17-20-49-72(58)79(76(62)64,53-30-11-5-12-31-53)54-32-13-6-14-33-54/h3-50H,1-2H3. The van der Waals surface area contributed by atoms with Gasteiger partial charge >= 0.3 is 0 Å². The zero-order valence-electron chi connectivity index (χ0n) is 44.2. The van der Waals surface area contributed by atoms with Crippen LogP contribution in [0.1, 0.15) is 25.0 Å². The molecule has 2 heteroatoms. The minimum atomic E-state index is -2.92. The first kappa shape index (κ1) is 46.0. The first-order valence-corrected chi connectivity index (χ1v) is 31.9. The van der Waals surface area contributed by atoms with Gasteiger partial charge in [0.2, 0.25) is 0 Å². The molecule has 79 heavy (non-hydrogen) atoms. The SMILES string of the molecule is CC1(C)c2ccccc2-c2c(-c3c4cccc(-c5cccc6c5[Si](c5ccccc5)(c5ccccc5)c5ccccc5-6)c4cc4c(-c5cccc6c5[Si](c5ccccc5)(c5ccccc5)c5ccccc5-6)cccc34)cccc21. The lowest BCUT2D eigenvalue weighted by Gasteiger charge is -2.33. The van der Waals surface area contributed by atoms with E-state index in [4.69, 9.17) is 0 Å². The molecule has 2 heterocycles. The molecular weight excluding hydrogens is 981 g/mol. The maximum atomic E-state index is 2.60. The first-order valence-electron chi connectivity index (χ1n) is 27.9. The monoisotopic (exact) mass is 1030 g/mol. The smallest absolute Gasteiger partial charge is 0.0623 e. The first-order chi connectivity index (χ1) is 39.0. The maximum absolute atomic E-state index is 2.92. The molecule has 0 radical (unpaired) electrons. The van der Waals surface area contributed by atoms with E-state index in [-0.39, 0.29) is 5.41 Å². The van der Waals surface area contributed by atoms with Crippen LogP contribution in [0.15, 0.2) is 291 Å². The van der Waals surface area contributed by atoms with Crippen LogP contribution in [-0.2, 0) is 5.41 Å². The summed E-state index contributed by atoms with van der Waals surface area (Å²) in [5.41, 5.74) is 18.4. The van der Waals surface area contributed by atoms with Gasteiger partial charge in [-0.05, 0) is 147 Å². The summed E-state index contributed by atoms with van der Waals surface area (Å²) in [6, 6.07) is 112. The molecule has 0 atom stereocenters. The molecule has 16 rings (SSSR count). The van der Waals surface area contributed by atoms with Gasteiger partial charge in [-0.25, -0.2) is 0 Å². The summed E-state index contributed by atoms with van der Waals surface area (Å²) in [5, 5.41) is 16.5. The minimum Gasteiger partial charge on any atom is -0.0623 e. The summed E-state index contributed by atoms with van der Waals surface area (Å²) in [6.45, 7) is 4.82. The highest BCUT2D eigenvalue weighted by molar-refractivity contribution is 7.23. The summed E-state index contributed by atoms with van der Waals surface area (Å²) < 4.78 is 0. The fourth-order valence-electron chi connectivity index (χ4n) is 15.3. The van der Waals surface area contributed by atoms with Crippen LogP contribution in [0.3, 0.4) is 0 Å². The number of rotatable bonds is 7. The lowest BCUT2D eigenvalue weighted by atomic mass is 9.81. The lowest BCUT2D eigenvalue weighted by Crippen LogP contribution is -2.73. The van der Waals surface area contributed by atoms with E-state index in [1.54, 1.807) is 0 Å². The maximum Gasteiger partial charge on any atom is 0.181 e. The number of hydrogen-bond acceptors (Lipinski definition) is 0. The molecule has 13 aromatic carbocycles. The normalized spacial score (nSPS) is 14.5. The molecule has 0 amide bonds. The van der Waals surface area contributed by atoms with Crippen LogP contribution < -0.4 is 41.5 Å². The third-order valence-corrected chi connectivity index (χ3v) is 28.3. The van der Waals surface area contributed by atoms with Crippen LogP contribution in [0.4, 0.5) is 0 Å². The highest BCUT2D eigenvalue weighted by Crippen LogP contribution is 2.54. The zero-order valence-corrected chi connectivity index (χ0v) is 46.2. The number of benzene rings is 13. The van der Waals surface area contributed by atoms with E-state index in [1.807, 2.05) is 0 Å². The Labute approximate surface area is 464 Å². The Morgan fingerprint density at radius 3 is 1.00 bits per heavy atom. The van der Waals surface area contributed by atoms with Crippen molar-refractivity contribution in [1.82, 2.24) is 0 Å². The predicted octanol–water partition coefficient (Wildman–Crippen LogP) is 14.0. The molecule has 1 aliphatic carbocycles. The number of hydrogen-bond donors (Lipinski definition) is 0. The fraction of sp³-hybridized carbons (Fsp3) is 0.0390. The largest absolute Gasteiger partial charge is 0.181 e. The van der Waals surface area contributed by atoms with Gasteiger partial charge < -0.3 is 0 Å².